The van der Waals surface area contributed by atoms with Crippen LogP contribution in [0.2, 0.25) is 0 Å². The number of ether oxygens (including phenoxy) is 1. The summed E-state index contributed by atoms with van der Waals surface area (Å²) < 4.78 is 30.4. The zero-order valence-electron chi connectivity index (χ0n) is 16.4. The van der Waals surface area contributed by atoms with E-state index >= 15 is 0 Å². The molecule has 4 aromatic rings. The molecule has 0 spiro atoms. The van der Waals surface area contributed by atoms with Crippen molar-refractivity contribution >= 4 is 21.5 Å². The number of aromatic nitrogens is 5. The lowest BCUT2D eigenvalue weighted by Gasteiger charge is -2.07. The lowest BCUT2D eigenvalue weighted by molar-refractivity contribution is 0.0600. The molecule has 152 valence electrons. The van der Waals surface area contributed by atoms with Gasteiger partial charge in [0.1, 0.15) is 17.0 Å². The van der Waals surface area contributed by atoms with Gasteiger partial charge in [-0.1, -0.05) is 6.07 Å². The molecule has 0 aliphatic heterocycles. The Morgan fingerprint density at radius 3 is 2.53 bits per heavy atom. The number of fused-ring (bicyclic) bond motifs is 1. The van der Waals surface area contributed by atoms with Crippen molar-refractivity contribution in [1.82, 2.24) is 24.3 Å². The molecule has 4 aromatic heterocycles. The van der Waals surface area contributed by atoms with Crippen LogP contribution in [0.1, 0.15) is 16.1 Å². The zero-order valence-corrected chi connectivity index (χ0v) is 17.2. The molecule has 4 rings (SSSR count). The van der Waals surface area contributed by atoms with Gasteiger partial charge in [0.2, 0.25) is 15.0 Å². The molecular formula is C20H17N5O4S. The van der Waals surface area contributed by atoms with Crippen LogP contribution in [0.4, 0.5) is 0 Å². The summed E-state index contributed by atoms with van der Waals surface area (Å²) in [5.74, 6) is -0.508. The molecule has 0 saturated carbocycles. The summed E-state index contributed by atoms with van der Waals surface area (Å²) in [4.78, 5) is 29.3. The number of sulfone groups is 1. The average molecular weight is 423 g/mol. The molecule has 9 nitrogen and oxygen atoms in total. The monoisotopic (exact) mass is 423 g/mol. The Bertz CT molecular complexity index is 1400. The zero-order chi connectivity index (χ0) is 21.5. The Morgan fingerprint density at radius 2 is 1.83 bits per heavy atom. The molecule has 0 unspecified atom stereocenters. The third kappa shape index (κ3) is 3.52. The molecular weight excluding hydrogens is 406 g/mol. The van der Waals surface area contributed by atoms with Crippen LogP contribution < -0.4 is 0 Å². The molecule has 0 amide bonds. The number of carbonyl (C=O) groups excluding carboxylic acids is 1. The Balaban J connectivity index is 2.06. The number of rotatable bonds is 4. The molecule has 0 aromatic carbocycles. The minimum Gasteiger partial charge on any atom is -0.465 e. The van der Waals surface area contributed by atoms with Crippen molar-refractivity contribution in [2.24, 2.45) is 0 Å². The SMILES string of the molecule is COC(=O)c1ccc2nc(-c3cccc(C)n3)c(-c3ccnc(S(C)(=O)=O)n3)n2c1. The predicted octanol–water partition coefficient (Wildman–Crippen LogP) is 2.35. The van der Waals surface area contributed by atoms with Crippen LogP contribution in [0.3, 0.4) is 0 Å². The molecule has 0 saturated heterocycles. The van der Waals surface area contributed by atoms with Gasteiger partial charge in [0.15, 0.2) is 0 Å². The van der Waals surface area contributed by atoms with E-state index in [0.717, 1.165) is 11.9 Å². The molecule has 10 heteroatoms. The first-order valence-corrected chi connectivity index (χ1v) is 10.7. The number of methoxy groups -OCH3 is 1. The number of pyridine rings is 2. The Morgan fingerprint density at radius 1 is 1.03 bits per heavy atom. The Kier molecular flexibility index (Phi) is 4.78. The van der Waals surface area contributed by atoms with Gasteiger partial charge >= 0.3 is 5.97 Å². The van der Waals surface area contributed by atoms with Gasteiger partial charge in [-0.3, -0.25) is 9.38 Å². The van der Waals surface area contributed by atoms with Gasteiger partial charge in [-0.25, -0.2) is 28.2 Å². The first-order chi connectivity index (χ1) is 14.3. The van der Waals surface area contributed by atoms with E-state index in [4.69, 9.17) is 4.74 Å². The minimum atomic E-state index is -3.62. The molecule has 0 aliphatic rings. The number of esters is 1. The third-order valence-corrected chi connectivity index (χ3v) is 5.24. The topological polar surface area (TPSA) is 116 Å². The highest BCUT2D eigenvalue weighted by Gasteiger charge is 2.21. The van der Waals surface area contributed by atoms with Gasteiger partial charge in [0.05, 0.1) is 24.1 Å². The van der Waals surface area contributed by atoms with E-state index in [1.807, 2.05) is 19.1 Å². The van der Waals surface area contributed by atoms with Gasteiger partial charge in [0.25, 0.3) is 0 Å². The van der Waals surface area contributed by atoms with Gasteiger partial charge in [-0.15, -0.1) is 0 Å². The molecule has 30 heavy (non-hydrogen) atoms. The fourth-order valence-electron chi connectivity index (χ4n) is 3.03. The summed E-state index contributed by atoms with van der Waals surface area (Å²) in [6, 6.07) is 10.4. The van der Waals surface area contributed by atoms with Crippen molar-refractivity contribution in [1.29, 1.82) is 0 Å². The molecule has 0 bridgehead atoms. The van der Waals surface area contributed by atoms with Gasteiger partial charge in [-0.05, 0) is 37.3 Å². The van der Waals surface area contributed by atoms with E-state index in [-0.39, 0.29) is 5.16 Å². The highest BCUT2D eigenvalue weighted by Crippen LogP contribution is 2.31. The van der Waals surface area contributed by atoms with Gasteiger partial charge in [-0.2, -0.15) is 0 Å². The summed E-state index contributed by atoms with van der Waals surface area (Å²) in [6.45, 7) is 1.86. The second-order valence-corrected chi connectivity index (χ2v) is 8.52. The molecule has 0 N–H and O–H groups in total. The predicted molar refractivity (Wildman–Crippen MR) is 109 cm³/mol. The fraction of sp³-hybridized carbons (Fsp3) is 0.150. The summed E-state index contributed by atoms with van der Waals surface area (Å²) in [5, 5.41) is -0.303. The standard InChI is InChI=1S/C20H17N5O4S/c1-12-5-4-6-14(22-12)17-18(15-9-10-21-20(23-15)30(3,27)28)25-11-13(19(26)29-2)7-8-16(25)24-17/h4-11H,1-3H3. The van der Waals surface area contributed by atoms with Crippen LogP contribution in [-0.2, 0) is 14.6 Å². The second kappa shape index (κ2) is 7.30. The molecule has 0 aliphatic carbocycles. The van der Waals surface area contributed by atoms with Crippen LogP contribution in [-0.4, -0.2) is 52.1 Å². The number of carbonyl (C=O) groups is 1. The van der Waals surface area contributed by atoms with E-state index in [9.17, 15) is 13.2 Å². The van der Waals surface area contributed by atoms with Crippen molar-refractivity contribution in [3.63, 3.8) is 0 Å². The summed E-state index contributed by atoms with van der Waals surface area (Å²) in [6.07, 6.45) is 3.99. The van der Waals surface area contributed by atoms with Crippen LogP contribution in [0.5, 0.6) is 0 Å². The van der Waals surface area contributed by atoms with E-state index in [1.54, 1.807) is 34.9 Å². The number of hydrogen-bond donors (Lipinski definition) is 0. The van der Waals surface area contributed by atoms with E-state index in [1.165, 1.54) is 13.3 Å². The normalized spacial score (nSPS) is 11.6. The Labute approximate surface area is 172 Å². The van der Waals surface area contributed by atoms with Crippen molar-refractivity contribution in [2.75, 3.05) is 13.4 Å². The van der Waals surface area contributed by atoms with Gasteiger partial charge < -0.3 is 4.74 Å². The highest BCUT2D eigenvalue weighted by molar-refractivity contribution is 7.90. The van der Waals surface area contributed by atoms with Crippen LogP contribution in [0, 0.1) is 6.92 Å². The maximum atomic E-state index is 12.0. The van der Waals surface area contributed by atoms with E-state index < -0.39 is 15.8 Å². The van der Waals surface area contributed by atoms with Crippen molar-refractivity contribution in [2.45, 2.75) is 12.1 Å². The maximum absolute atomic E-state index is 12.0. The third-order valence-electron chi connectivity index (χ3n) is 4.38. The average Bonchev–Trinajstić information content (AvgIpc) is 3.11. The number of imidazole rings is 1. The Hall–Kier alpha value is -3.66. The van der Waals surface area contributed by atoms with E-state index in [0.29, 0.717) is 34.0 Å². The van der Waals surface area contributed by atoms with Crippen LogP contribution in [0.15, 0.2) is 53.9 Å². The number of hydrogen-bond acceptors (Lipinski definition) is 8. The summed E-state index contributed by atoms with van der Waals surface area (Å²) in [7, 11) is -2.32. The molecule has 0 radical (unpaired) electrons. The summed E-state index contributed by atoms with van der Waals surface area (Å²) in [5.41, 5.74) is 3.55. The maximum Gasteiger partial charge on any atom is 0.339 e. The van der Waals surface area contributed by atoms with Crippen LogP contribution in [0.25, 0.3) is 28.4 Å². The smallest absolute Gasteiger partial charge is 0.339 e. The largest absolute Gasteiger partial charge is 0.465 e. The highest BCUT2D eigenvalue weighted by atomic mass is 32.2. The lowest BCUT2D eigenvalue weighted by Crippen LogP contribution is -2.06. The first-order valence-electron chi connectivity index (χ1n) is 8.86. The van der Waals surface area contributed by atoms with E-state index in [2.05, 4.69) is 19.9 Å². The quantitative estimate of drug-likeness (QED) is 0.363. The second-order valence-electron chi connectivity index (χ2n) is 6.61. The fourth-order valence-corrected chi connectivity index (χ4v) is 3.55. The molecule has 0 fully saturated rings. The van der Waals surface area contributed by atoms with Crippen molar-refractivity contribution < 1.29 is 17.9 Å². The summed E-state index contributed by atoms with van der Waals surface area (Å²) >= 11 is 0. The van der Waals surface area contributed by atoms with Crippen molar-refractivity contribution in [3.05, 3.63) is 60.0 Å². The van der Waals surface area contributed by atoms with Gasteiger partial charge in [0, 0.05) is 24.3 Å². The molecule has 0 atom stereocenters. The number of nitrogens with zero attached hydrogens (tertiary/aromatic N) is 5. The minimum absolute atomic E-state index is 0.303. The lowest BCUT2D eigenvalue weighted by atomic mass is 10.1. The number of aryl methyl sites for hydroxylation is 1. The van der Waals surface area contributed by atoms with Crippen molar-refractivity contribution in [3.8, 4) is 22.8 Å². The first kappa shape index (κ1) is 19.6. The van der Waals surface area contributed by atoms with Crippen LogP contribution >= 0.6 is 0 Å². The molecule has 4 heterocycles.